The second-order valence-electron chi connectivity index (χ2n) is 6.11. The number of para-hydroxylation sites is 1. The maximum absolute atomic E-state index is 12.4. The van der Waals surface area contributed by atoms with Crippen molar-refractivity contribution < 1.29 is 4.79 Å². The number of hydrogen-bond acceptors (Lipinski definition) is 2. The van der Waals surface area contributed by atoms with Gasteiger partial charge in [-0.05, 0) is 30.5 Å². The highest BCUT2D eigenvalue weighted by Crippen LogP contribution is 2.47. The summed E-state index contributed by atoms with van der Waals surface area (Å²) >= 11 is 0. The minimum Gasteiger partial charge on any atom is -0.360 e. The van der Waals surface area contributed by atoms with Gasteiger partial charge in [0.1, 0.15) is 5.78 Å². The van der Waals surface area contributed by atoms with E-state index in [1.165, 1.54) is 11.3 Å². The lowest BCUT2D eigenvalue weighted by molar-refractivity contribution is -0.128. The van der Waals surface area contributed by atoms with Crippen LogP contribution in [0.3, 0.4) is 0 Å². The molecule has 3 fully saturated rings. The Morgan fingerprint density at radius 1 is 0.857 bits per heavy atom. The van der Waals surface area contributed by atoms with E-state index in [1.807, 2.05) is 12.1 Å². The van der Waals surface area contributed by atoms with E-state index in [4.69, 9.17) is 0 Å². The quantitative estimate of drug-likeness (QED) is 0.827. The first-order chi connectivity index (χ1) is 10.3. The van der Waals surface area contributed by atoms with Gasteiger partial charge in [-0.25, -0.2) is 0 Å². The average molecular weight is 277 g/mol. The van der Waals surface area contributed by atoms with E-state index in [9.17, 15) is 4.79 Å². The predicted octanol–water partition coefficient (Wildman–Crippen LogP) is 3.99. The van der Waals surface area contributed by atoms with Crippen molar-refractivity contribution in [1.82, 2.24) is 0 Å². The molecule has 0 amide bonds. The van der Waals surface area contributed by atoms with Gasteiger partial charge in [0.25, 0.3) is 0 Å². The van der Waals surface area contributed by atoms with Gasteiger partial charge in [-0.15, -0.1) is 0 Å². The Morgan fingerprint density at radius 3 is 2.19 bits per heavy atom. The van der Waals surface area contributed by atoms with Gasteiger partial charge >= 0.3 is 0 Å². The Labute approximate surface area is 125 Å². The molecule has 0 radical (unpaired) electrons. The van der Waals surface area contributed by atoms with Crippen molar-refractivity contribution in [2.45, 2.75) is 31.3 Å². The van der Waals surface area contributed by atoms with Crippen LogP contribution >= 0.6 is 0 Å². The van der Waals surface area contributed by atoms with Crippen LogP contribution in [0.5, 0.6) is 0 Å². The van der Waals surface area contributed by atoms with E-state index in [2.05, 4.69) is 53.4 Å². The summed E-state index contributed by atoms with van der Waals surface area (Å²) in [5, 5.41) is 0. The van der Waals surface area contributed by atoms with Crippen LogP contribution in [0.4, 0.5) is 5.69 Å². The van der Waals surface area contributed by atoms with Gasteiger partial charge in [0.2, 0.25) is 0 Å². The molecule has 3 aliphatic rings. The van der Waals surface area contributed by atoms with Gasteiger partial charge < -0.3 is 4.90 Å². The maximum Gasteiger partial charge on any atom is 0.140 e. The first kappa shape index (κ1) is 12.6. The number of rotatable bonds is 2. The summed E-state index contributed by atoms with van der Waals surface area (Å²) in [6.45, 7) is 0. The van der Waals surface area contributed by atoms with Crippen molar-refractivity contribution in [2.24, 2.45) is 5.92 Å². The molecule has 2 saturated heterocycles. The van der Waals surface area contributed by atoms with Crippen molar-refractivity contribution >= 4 is 11.5 Å². The number of fused-ring (bicyclic) bond motifs is 3. The lowest BCUT2D eigenvalue weighted by Crippen LogP contribution is -2.54. The topological polar surface area (TPSA) is 20.3 Å². The van der Waals surface area contributed by atoms with Gasteiger partial charge in [-0.2, -0.15) is 0 Å². The molecule has 3 atom stereocenters. The fraction of sp³-hybridized carbons (Fsp3) is 0.316. The highest BCUT2D eigenvalue weighted by Gasteiger charge is 2.47. The fourth-order valence-electron chi connectivity index (χ4n) is 4.03. The molecule has 0 aromatic heterocycles. The molecule has 0 spiro atoms. The van der Waals surface area contributed by atoms with Crippen LogP contribution in [0.15, 0.2) is 60.7 Å². The van der Waals surface area contributed by atoms with Crippen LogP contribution in [-0.4, -0.2) is 11.8 Å². The van der Waals surface area contributed by atoms with E-state index in [0.29, 0.717) is 18.2 Å². The van der Waals surface area contributed by atoms with Crippen LogP contribution in [0.2, 0.25) is 0 Å². The summed E-state index contributed by atoms with van der Waals surface area (Å²) < 4.78 is 0. The lowest BCUT2D eigenvalue weighted by Gasteiger charge is -2.52. The third-order valence-corrected chi connectivity index (χ3v) is 4.93. The molecule has 2 aromatic carbocycles. The van der Waals surface area contributed by atoms with Gasteiger partial charge in [-0.3, -0.25) is 4.79 Å². The van der Waals surface area contributed by atoms with E-state index in [-0.39, 0.29) is 12.0 Å². The average Bonchev–Trinajstić information content (AvgIpc) is 2.56. The number of nitrogens with zero attached hydrogens (tertiary/aromatic N) is 1. The van der Waals surface area contributed by atoms with Gasteiger partial charge in [0, 0.05) is 24.1 Å². The van der Waals surface area contributed by atoms with Crippen LogP contribution in [0, 0.1) is 5.92 Å². The third kappa shape index (κ3) is 2.06. The minimum atomic E-state index is 0.151. The molecule has 2 aliphatic heterocycles. The number of Topliss-reactive ketones (excluding diaryl/α,β-unsaturated/α-hetero) is 1. The van der Waals surface area contributed by atoms with Crippen LogP contribution in [0.1, 0.15) is 30.9 Å². The maximum atomic E-state index is 12.4. The summed E-state index contributed by atoms with van der Waals surface area (Å²) in [6, 6.07) is 21.6. The molecular formula is C19H19NO. The zero-order valence-corrected chi connectivity index (χ0v) is 12.0. The molecule has 5 rings (SSSR count). The number of hydrogen-bond donors (Lipinski definition) is 0. The van der Waals surface area contributed by atoms with Gasteiger partial charge in [0.05, 0.1) is 6.04 Å². The highest BCUT2D eigenvalue weighted by atomic mass is 16.1. The number of carbonyl (C=O) groups is 1. The first-order valence-electron chi connectivity index (χ1n) is 7.75. The van der Waals surface area contributed by atoms with Crippen molar-refractivity contribution in [3.05, 3.63) is 66.2 Å². The lowest BCUT2D eigenvalue weighted by atomic mass is 9.71. The summed E-state index contributed by atoms with van der Waals surface area (Å²) in [5.74, 6) is 0.602. The zero-order chi connectivity index (χ0) is 14.2. The van der Waals surface area contributed by atoms with Crippen molar-refractivity contribution in [2.75, 3.05) is 4.90 Å². The van der Waals surface area contributed by atoms with E-state index >= 15 is 0 Å². The van der Waals surface area contributed by atoms with Gasteiger partial charge in [0.15, 0.2) is 0 Å². The standard InChI is InChI=1S/C19H19NO/c21-18-13-16-11-12-17(18)19(14-7-3-1-4-8-14)20(16)15-9-5-2-6-10-15/h1-10,16-17,19H,11-13H2/t16-,17+,19+/m1/s1. The smallest absolute Gasteiger partial charge is 0.140 e. The van der Waals surface area contributed by atoms with E-state index in [1.54, 1.807) is 0 Å². The monoisotopic (exact) mass is 277 g/mol. The van der Waals surface area contributed by atoms with E-state index in [0.717, 1.165) is 12.8 Å². The Balaban J connectivity index is 1.81. The number of anilines is 1. The molecule has 0 unspecified atom stereocenters. The number of benzene rings is 2. The molecule has 1 saturated carbocycles. The Hall–Kier alpha value is -2.09. The summed E-state index contributed by atoms with van der Waals surface area (Å²) in [7, 11) is 0. The van der Waals surface area contributed by atoms with Crippen molar-refractivity contribution in [3.8, 4) is 0 Å². The normalized spacial score (nSPS) is 27.9. The predicted molar refractivity (Wildman–Crippen MR) is 84.2 cm³/mol. The summed E-state index contributed by atoms with van der Waals surface area (Å²) in [6.07, 6.45) is 2.88. The van der Waals surface area contributed by atoms with Crippen LogP contribution in [0.25, 0.3) is 0 Å². The van der Waals surface area contributed by atoms with Crippen molar-refractivity contribution in [1.29, 1.82) is 0 Å². The molecule has 2 heterocycles. The largest absolute Gasteiger partial charge is 0.360 e. The van der Waals surface area contributed by atoms with Crippen LogP contribution < -0.4 is 4.90 Å². The third-order valence-electron chi connectivity index (χ3n) is 4.93. The van der Waals surface area contributed by atoms with Crippen molar-refractivity contribution in [3.63, 3.8) is 0 Å². The second kappa shape index (κ2) is 5.03. The zero-order valence-electron chi connectivity index (χ0n) is 12.0. The summed E-state index contributed by atoms with van der Waals surface area (Å²) in [4.78, 5) is 14.9. The molecular weight excluding hydrogens is 258 g/mol. The number of piperidine rings is 2. The van der Waals surface area contributed by atoms with E-state index < -0.39 is 0 Å². The Morgan fingerprint density at radius 2 is 1.52 bits per heavy atom. The Bertz CT molecular complexity index is 637. The minimum absolute atomic E-state index is 0.151. The number of carbonyl (C=O) groups excluding carboxylic acids is 1. The second-order valence-corrected chi connectivity index (χ2v) is 6.11. The molecule has 2 bridgehead atoms. The molecule has 2 aromatic rings. The molecule has 1 aliphatic carbocycles. The summed E-state index contributed by atoms with van der Waals surface area (Å²) in [5.41, 5.74) is 2.51. The first-order valence-corrected chi connectivity index (χ1v) is 7.75. The molecule has 106 valence electrons. The van der Waals surface area contributed by atoms with Gasteiger partial charge in [-0.1, -0.05) is 48.5 Å². The molecule has 21 heavy (non-hydrogen) atoms. The highest BCUT2D eigenvalue weighted by molar-refractivity contribution is 5.86. The SMILES string of the molecule is O=C1C[C@H]2CC[C@@H]1[C@H](c1ccccc1)N2c1ccccc1. The Kier molecular flexibility index (Phi) is 3.03. The van der Waals surface area contributed by atoms with Crippen LogP contribution in [-0.2, 0) is 4.79 Å². The molecule has 0 N–H and O–H groups in total. The molecule has 2 nitrogen and oxygen atoms in total. The molecule has 2 heteroatoms. The fourth-order valence-corrected chi connectivity index (χ4v) is 4.03. The number of ketones is 1.